The molecule has 0 saturated carbocycles. The highest BCUT2D eigenvalue weighted by Gasteiger charge is 2.25. The first-order valence-electron chi connectivity index (χ1n) is 5.05. The molecule has 0 saturated heterocycles. The Hall–Kier alpha value is -1.33. The molecule has 0 aromatic heterocycles. The van der Waals surface area contributed by atoms with Crippen molar-refractivity contribution in [1.82, 2.24) is 0 Å². The van der Waals surface area contributed by atoms with Crippen LogP contribution >= 0.6 is 27.5 Å². The molecular formula is C13H5BrClF3O. The van der Waals surface area contributed by atoms with Gasteiger partial charge in [-0.15, -0.1) is 0 Å². The van der Waals surface area contributed by atoms with Gasteiger partial charge >= 0.3 is 0 Å². The molecule has 0 heterocycles. The maximum atomic E-state index is 13.8. The largest absolute Gasteiger partial charge is 0.288 e. The van der Waals surface area contributed by atoms with Gasteiger partial charge in [0.2, 0.25) is 5.78 Å². The van der Waals surface area contributed by atoms with Crippen molar-refractivity contribution in [2.75, 3.05) is 0 Å². The number of hydrogen-bond acceptors (Lipinski definition) is 1. The zero-order valence-corrected chi connectivity index (χ0v) is 11.5. The van der Waals surface area contributed by atoms with Gasteiger partial charge in [0.25, 0.3) is 0 Å². The molecule has 98 valence electrons. The molecule has 2 aromatic carbocycles. The Kier molecular flexibility index (Phi) is 3.96. The van der Waals surface area contributed by atoms with E-state index in [-0.39, 0.29) is 9.50 Å². The molecule has 19 heavy (non-hydrogen) atoms. The molecule has 0 radical (unpaired) electrons. The van der Waals surface area contributed by atoms with E-state index in [2.05, 4.69) is 15.9 Å². The first-order chi connectivity index (χ1) is 8.93. The third-order valence-corrected chi connectivity index (χ3v) is 3.39. The van der Waals surface area contributed by atoms with Crippen LogP contribution in [0.1, 0.15) is 15.9 Å². The fraction of sp³-hybridized carbons (Fsp3) is 0. The lowest BCUT2D eigenvalue weighted by atomic mass is 10.0. The summed E-state index contributed by atoms with van der Waals surface area (Å²) in [6.45, 7) is 0. The highest BCUT2D eigenvalue weighted by Crippen LogP contribution is 2.27. The minimum Gasteiger partial charge on any atom is -0.288 e. The van der Waals surface area contributed by atoms with E-state index in [1.54, 1.807) is 0 Å². The summed E-state index contributed by atoms with van der Waals surface area (Å²) < 4.78 is 40.9. The van der Waals surface area contributed by atoms with Gasteiger partial charge in [0, 0.05) is 0 Å². The molecule has 0 aliphatic carbocycles. The summed E-state index contributed by atoms with van der Waals surface area (Å²) in [6.07, 6.45) is 0. The standard InChI is InChI=1S/C13H5BrClF3O/c14-6-4-5-9(17)11(12(6)18)13(19)10-7(15)2-1-3-8(10)16/h1-5H. The van der Waals surface area contributed by atoms with Crippen molar-refractivity contribution in [3.63, 3.8) is 0 Å². The molecule has 0 atom stereocenters. The van der Waals surface area contributed by atoms with Crippen molar-refractivity contribution in [2.24, 2.45) is 0 Å². The lowest BCUT2D eigenvalue weighted by molar-refractivity contribution is 0.102. The predicted octanol–water partition coefficient (Wildman–Crippen LogP) is 4.75. The van der Waals surface area contributed by atoms with Crippen LogP contribution in [0, 0.1) is 17.5 Å². The van der Waals surface area contributed by atoms with Crippen molar-refractivity contribution in [3.05, 3.63) is 68.4 Å². The van der Waals surface area contributed by atoms with Crippen molar-refractivity contribution >= 4 is 33.3 Å². The maximum absolute atomic E-state index is 13.8. The molecule has 0 aliphatic heterocycles. The zero-order valence-electron chi connectivity index (χ0n) is 9.18. The quantitative estimate of drug-likeness (QED) is 0.565. The highest BCUT2D eigenvalue weighted by molar-refractivity contribution is 9.10. The number of carbonyl (C=O) groups is 1. The molecule has 0 bridgehead atoms. The van der Waals surface area contributed by atoms with Gasteiger partial charge < -0.3 is 0 Å². The van der Waals surface area contributed by atoms with Gasteiger partial charge in [-0.3, -0.25) is 4.79 Å². The van der Waals surface area contributed by atoms with Crippen LogP contribution in [-0.2, 0) is 0 Å². The molecule has 0 N–H and O–H groups in total. The second kappa shape index (κ2) is 5.35. The summed E-state index contributed by atoms with van der Waals surface area (Å²) in [5.41, 5.74) is -1.40. The van der Waals surface area contributed by atoms with E-state index in [9.17, 15) is 18.0 Å². The van der Waals surface area contributed by atoms with E-state index in [0.717, 1.165) is 18.2 Å². The fourth-order valence-electron chi connectivity index (χ4n) is 1.57. The molecule has 0 aliphatic rings. The predicted molar refractivity (Wildman–Crippen MR) is 68.9 cm³/mol. The SMILES string of the molecule is O=C(c1c(F)cccc1Cl)c1c(F)ccc(Br)c1F. The van der Waals surface area contributed by atoms with E-state index in [0.29, 0.717) is 0 Å². The third kappa shape index (κ3) is 2.53. The Balaban J connectivity index is 2.67. The monoisotopic (exact) mass is 348 g/mol. The van der Waals surface area contributed by atoms with Crippen molar-refractivity contribution in [3.8, 4) is 0 Å². The second-order valence-corrected chi connectivity index (χ2v) is 4.91. The van der Waals surface area contributed by atoms with Crippen LogP contribution in [0.3, 0.4) is 0 Å². The van der Waals surface area contributed by atoms with Crippen LogP contribution in [0.4, 0.5) is 13.2 Å². The van der Waals surface area contributed by atoms with Gasteiger partial charge in [-0.1, -0.05) is 17.7 Å². The maximum Gasteiger partial charge on any atom is 0.203 e. The van der Waals surface area contributed by atoms with Crippen LogP contribution in [0.5, 0.6) is 0 Å². The first kappa shape index (κ1) is 14.1. The fourth-order valence-corrected chi connectivity index (χ4v) is 2.15. The van der Waals surface area contributed by atoms with Crippen molar-refractivity contribution in [1.29, 1.82) is 0 Å². The normalized spacial score (nSPS) is 10.6. The minimum absolute atomic E-state index is 0.0929. The average Bonchev–Trinajstić information content (AvgIpc) is 2.34. The van der Waals surface area contributed by atoms with E-state index >= 15 is 0 Å². The lowest BCUT2D eigenvalue weighted by Gasteiger charge is -2.08. The molecule has 0 spiro atoms. The van der Waals surface area contributed by atoms with Gasteiger partial charge in [-0.25, -0.2) is 13.2 Å². The second-order valence-electron chi connectivity index (χ2n) is 3.64. The van der Waals surface area contributed by atoms with E-state index < -0.39 is 34.4 Å². The minimum atomic E-state index is -1.14. The van der Waals surface area contributed by atoms with Gasteiger partial charge in [-0.2, -0.15) is 0 Å². The van der Waals surface area contributed by atoms with E-state index in [1.165, 1.54) is 12.1 Å². The Morgan fingerprint density at radius 1 is 1.00 bits per heavy atom. The summed E-state index contributed by atoms with van der Waals surface area (Å²) in [7, 11) is 0. The number of benzene rings is 2. The van der Waals surface area contributed by atoms with Gasteiger partial charge in [-0.05, 0) is 40.2 Å². The number of halogens is 5. The van der Waals surface area contributed by atoms with Crippen molar-refractivity contribution in [2.45, 2.75) is 0 Å². The molecular weight excluding hydrogens is 344 g/mol. The third-order valence-electron chi connectivity index (χ3n) is 2.46. The van der Waals surface area contributed by atoms with Crippen LogP contribution in [0.25, 0.3) is 0 Å². The number of carbonyl (C=O) groups excluding carboxylic acids is 1. The summed E-state index contributed by atoms with van der Waals surface area (Å²) in [6, 6.07) is 5.58. The number of ketones is 1. The molecule has 1 nitrogen and oxygen atoms in total. The summed E-state index contributed by atoms with van der Waals surface area (Å²) in [4.78, 5) is 12.1. The molecule has 0 fully saturated rings. The van der Waals surface area contributed by atoms with E-state index in [1.807, 2.05) is 0 Å². The Bertz CT molecular complexity index is 653. The van der Waals surface area contributed by atoms with Crippen LogP contribution in [0.15, 0.2) is 34.8 Å². The number of hydrogen-bond donors (Lipinski definition) is 0. The Morgan fingerprint density at radius 2 is 1.63 bits per heavy atom. The molecule has 6 heteroatoms. The van der Waals surface area contributed by atoms with Crippen LogP contribution in [0.2, 0.25) is 5.02 Å². The molecule has 2 rings (SSSR count). The number of rotatable bonds is 2. The zero-order chi connectivity index (χ0) is 14.2. The average molecular weight is 350 g/mol. The summed E-state index contributed by atoms with van der Waals surface area (Å²) >= 11 is 8.54. The van der Waals surface area contributed by atoms with Crippen LogP contribution < -0.4 is 0 Å². The lowest BCUT2D eigenvalue weighted by Crippen LogP contribution is -2.10. The van der Waals surface area contributed by atoms with Gasteiger partial charge in [0.1, 0.15) is 11.6 Å². The molecule has 0 amide bonds. The van der Waals surface area contributed by atoms with Gasteiger partial charge in [0.15, 0.2) is 5.82 Å². The Labute approximate surface area is 120 Å². The van der Waals surface area contributed by atoms with Crippen LogP contribution in [-0.4, -0.2) is 5.78 Å². The smallest absolute Gasteiger partial charge is 0.203 e. The summed E-state index contributed by atoms with van der Waals surface area (Å²) in [5.74, 6) is -4.25. The topological polar surface area (TPSA) is 17.1 Å². The van der Waals surface area contributed by atoms with Gasteiger partial charge in [0.05, 0.1) is 20.6 Å². The summed E-state index contributed by atoms with van der Waals surface area (Å²) in [5, 5.41) is -0.205. The first-order valence-corrected chi connectivity index (χ1v) is 6.22. The molecule has 0 unspecified atom stereocenters. The highest BCUT2D eigenvalue weighted by atomic mass is 79.9. The van der Waals surface area contributed by atoms with E-state index in [4.69, 9.17) is 11.6 Å². The van der Waals surface area contributed by atoms with Crippen molar-refractivity contribution < 1.29 is 18.0 Å². The Morgan fingerprint density at radius 3 is 2.26 bits per heavy atom. The molecule has 2 aromatic rings.